The minimum atomic E-state index is -1.26. The third kappa shape index (κ3) is 9.03. The van der Waals surface area contributed by atoms with E-state index >= 15 is 0 Å². The molecule has 0 radical (unpaired) electrons. The second-order valence-corrected chi connectivity index (χ2v) is 14.0. The van der Waals surface area contributed by atoms with E-state index in [2.05, 4.69) is 15.4 Å². The minimum absolute atomic E-state index is 0.194. The minimum Gasteiger partial charge on any atom is -0.497 e. The van der Waals surface area contributed by atoms with Crippen molar-refractivity contribution in [2.75, 3.05) is 20.8 Å². The van der Waals surface area contributed by atoms with Gasteiger partial charge in [-0.3, -0.25) is 24.5 Å². The number of aromatic nitrogens is 3. The fraction of sp³-hybridized carbons (Fsp3) is 0.415. The number of hydrogen-bond donors (Lipinski definition) is 1. The van der Waals surface area contributed by atoms with Crippen molar-refractivity contribution in [3.05, 3.63) is 108 Å². The van der Waals surface area contributed by atoms with Crippen molar-refractivity contribution in [2.24, 2.45) is 17.8 Å². The Bertz CT molecular complexity index is 1880. The van der Waals surface area contributed by atoms with Crippen LogP contribution in [0.2, 0.25) is 0 Å². The lowest BCUT2D eigenvalue weighted by Crippen LogP contribution is -2.44. The Morgan fingerprint density at radius 1 is 0.727 bits per heavy atom. The molecule has 3 aromatic carbocycles. The zero-order valence-corrected chi connectivity index (χ0v) is 32.3. The zero-order chi connectivity index (χ0) is 39.9. The maximum absolute atomic E-state index is 13.3. The number of amides is 2. The summed E-state index contributed by atoms with van der Waals surface area (Å²) in [5, 5.41) is 6.56. The topological polar surface area (TPSA) is 166 Å². The van der Waals surface area contributed by atoms with Crippen LogP contribution in [0.15, 0.2) is 85.2 Å². The van der Waals surface area contributed by atoms with Gasteiger partial charge < -0.3 is 28.4 Å². The molecule has 1 aliphatic rings. The fourth-order valence-electron chi connectivity index (χ4n) is 5.96. The number of nitrogens with one attached hydrogen (secondary N) is 1. The van der Waals surface area contributed by atoms with Gasteiger partial charge in [-0.25, -0.2) is 9.67 Å². The number of hydrogen-bond acceptors (Lipinski definition) is 12. The number of esters is 2. The van der Waals surface area contributed by atoms with Crippen LogP contribution < -0.4 is 14.8 Å². The van der Waals surface area contributed by atoms with E-state index in [-0.39, 0.29) is 12.4 Å². The van der Waals surface area contributed by atoms with Crippen LogP contribution in [0.4, 0.5) is 0 Å². The van der Waals surface area contributed by atoms with Crippen molar-refractivity contribution in [3.63, 3.8) is 0 Å². The molecule has 55 heavy (non-hydrogen) atoms. The molecule has 2 amide bonds. The molecule has 14 nitrogen and oxygen atoms in total. The predicted octanol–water partition coefficient (Wildman–Crippen LogP) is 5.25. The molecule has 14 heteroatoms. The van der Waals surface area contributed by atoms with E-state index in [9.17, 15) is 19.2 Å². The first kappa shape index (κ1) is 40.6. The van der Waals surface area contributed by atoms with Gasteiger partial charge in [-0.1, -0.05) is 96.1 Å². The third-order valence-electron chi connectivity index (χ3n) is 9.10. The Morgan fingerprint density at radius 3 is 1.73 bits per heavy atom. The van der Waals surface area contributed by atoms with Gasteiger partial charge in [0.25, 0.3) is 5.91 Å². The second-order valence-electron chi connectivity index (χ2n) is 14.0. The zero-order valence-electron chi connectivity index (χ0n) is 32.3. The summed E-state index contributed by atoms with van der Waals surface area (Å²) in [6.07, 6.45) is -3.46. The molecule has 1 aliphatic heterocycles. The van der Waals surface area contributed by atoms with Gasteiger partial charge >= 0.3 is 11.9 Å². The highest BCUT2D eigenvalue weighted by Crippen LogP contribution is 2.43. The first-order valence-corrected chi connectivity index (χ1v) is 18.1. The largest absolute Gasteiger partial charge is 0.497 e. The van der Waals surface area contributed by atoms with Crippen LogP contribution >= 0.6 is 0 Å². The first-order valence-electron chi connectivity index (χ1n) is 18.1. The third-order valence-corrected chi connectivity index (χ3v) is 9.10. The standard InChI is InChI=1S/C41H48N4O10/c1-24(2)36(46)43-37(47)35-42-23-45(44-35)38-34(55-40(49)26(5)6)33(54-39(48)25(3)4)32(53-38)22-52-41(27-12-10-9-11-13-27,28-14-18-30(50-7)19-15-28)29-16-20-31(51-8)21-17-29/h9-21,23-26,32-34,38H,22H2,1-8H3,(H,43,46,47)/t32-,33-,34-,38-/m1/s1. The van der Waals surface area contributed by atoms with Gasteiger partial charge in [0, 0.05) is 5.92 Å². The van der Waals surface area contributed by atoms with Crippen molar-refractivity contribution >= 4 is 23.8 Å². The van der Waals surface area contributed by atoms with Crippen molar-refractivity contribution in [1.29, 1.82) is 0 Å². The molecule has 1 aromatic heterocycles. The number of benzene rings is 3. The Kier molecular flexibility index (Phi) is 13.1. The van der Waals surface area contributed by atoms with Gasteiger partial charge in [-0.05, 0) is 41.0 Å². The second kappa shape index (κ2) is 17.7. The number of nitrogens with zero attached hydrogens (tertiary/aromatic N) is 3. The summed E-state index contributed by atoms with van der Waals surface area (Å²) in [4.78, 5) is 55.7. The lowest BCUT2D eigenvalue weighted by atomic mass is 9.80. The Hall–Kier alpha value is -5.60. The molecule has 5 rings (SSSR count). The summed E-state index contributed by atoms with van der Waals surface area (Å²) in [7, 11) is 3.17. The SMILES string of the molecule is COc1ccc(C(OC[C@H]2O[C@@H](n3cnc(C(=O)NC(=O)C(C)C)n3)[C@H](OC(=O)C(C)C)[C@@H]2OC(=O)C(C)C)(c2ccccc2)c2ccc(OC)cc2)cc1. The number of imide groups is 1. The highest BCUT2D eigenvalue weighted by molar-refractivity contribution is 6.02. The number of ether oxygens (including phenoxy) is 6. The normalized spacial score (nSPS) is 18.3. The molecule has 0 spiro atoms. The highest BCUT2D eigenvalue weighted by Gasteiger charge is 2.53. The Balaban J connectivity index is 1.61. The lowest BCUT2D eigenvalue weighted by Gasteiger charge is -2.37. The van der Waals surface area contributed by atoms with E-state index in [0.717, 1.165) is 16.7 Å². The van der Waals surface area contributed by atoms with Crippen LogP contribution in [0.5, 0.6) is 11.5 Å². The number of rotatable bonds is 15. The molecule has 0 bridgehead atoms. The summed E-state index contributed by atoms with van der Waals surface area (Å²) < 4.78 is 37.9. The molecule has 4 aromatic rings. The van der Waals surface area contributed by atoms with E-state index in [1.807, 2.05) is 78.9 Å². The summed E-state index contributed by atoms with van der Waals surface area (Å²) in [5.41, 5.74) is 1.02. The number of methoxy groups -OCH3 is 2. The van der Waals surface area contributed by atoms with E-state index in [4.69, 9.17) is 28.4 Å². The summed E-state index contributed by atoms with van der Waals surface area (Å²) in [6.45, 7) is 9.81. The van der Waals surface area contributed by atoms with Gasteiger partial charge in [0.05, 0.1) is 32.7 Å². The smallest absolute Gasteiger partial charge is 0.308 e. The lowest BCUT2D eigenvalue weighted by molar-refractivity contribution is -0.173. The quantitative estimate of drug-likeness (QED) is 0.124. The molecule has 1 N–H and O–H groups in total. The van der Waals surface area contributed by atoms with Crippen molar-refractivity contribution in [2.45, 2.75) is 71.7 Å². The van der Waals surface area contributed by atoms with Gasteiger partial charge in [0.2, 0.25) is 11.7 Å². The maximum Gasteiger partial charge on any atom is 0.308 e. The van der Waals surface area contributed by atoms with Crippen LogP contribution in [0.25, 0.3) is 0 Å². The van der Waals surface area contributed by atoms with Crippen molar-refractivity contribution in [1.82, 2.24) is 20.1 Å². The molecule has 0 aliphatic carbocycles. The molecule has 2 heterocycles. The summed E-state index contributed by atoms with van der Waals surface area (Å²) in [5.74, 6) is -3.03. The van der Waals surface area contributed by atoms with Crippen LogP contribution in [-0.4, -0.2) is 77.7 Å². The van der Waals surface area contributed by atoms with Crippen LogP contribution in [0, 0.1) is 17.8 Å². The van der Waals surface area contributed by atoms with Gasteiger partial charge in [0.15, 0.2) is 18.4 Å². The van der Waals surface area contributed by atoms with E-state index in [0.29, 0.717) is 11.5 Å². The van der Waals surface area contributed by atoms with E-state index < -0.39 is 71.6 Å². The molecule has 1 saturated heterocycles. The number of carbonyl (C=O) groups is 4. The summed E-state index contributed by atoms with van der Waals surface area (Å²) in [6, 6.07) is 24.6. The van der Waals surface area contributed by atoms with Crippen LogP contribution in [0.1, 0.15) is 75.1 Å². The Labute approximate surface area is 320 Å². The molecule has 292 valence electrons. The fourth-order valence-corrected chi connectivity index (χ4v) is 5.96. The van der Waals surface area contributed by atoms with Gasteiger partial charge in [0.1, 0.15) is 29.5 Å². The first-order chi connectivity index (χ1) is 26.3. The average molecular weight is 757 g/mol. The Morgan fingerprint density at radius 2 is 1.24 bits per heavy atom. The van der Waals surface area contributed by atoms with E-state index in [1.54, 1.807) is 55.8 Å². The van der Waals surface area contributed by atoms with Crippen molar-refractivity contribution < 1.29 is 47.6 Å². The molecule has 0 unspecified atom stereocenters. The monoisotopic (exact) mass is 756 g/mol. The van der Waals surface area contributed by atoms with Crippen LogP contribution in [0.3, 0.4) is 0 Å². The van der Waals surface area contributed by atoms with E-state index in [1.165, 1.54) is 11.0 Å². The van der Waals surface area contributed by atoms with Gasteiger partial charge in [-0.2, -0.15) is 0 Å². The molecular weight excluding hydrogens is 708 g/mol. The predicted molar refractivity (Wildman–Crippen MR) is 199 cm³/mol. The van der Waals surface area contributed by atoms with Crippen LogP contribution in [-0.2, 0) is 38.9 Å². The molecule has 0 saturated carbocycles. The van der Waals surface area contributed by atoms with Crippen molar-refractivity contribution in [3.8, 4) is 11.5 Å². The number of carbonyl (C=O) groups excluding carboxylic acids is 4. The molecule has 1 fully saturated rings. The summed E-state index contributed by atoms with van der Waals surface area (Å²) >= 11 is 0. The molecular formula is C41H48N4O10. The van der Waals surface area contributed by atoms with Gasteiger partial charge in [-0.15, -0.1) is 5.10 Å². The highest BCUT2D eigenvalue weighted by atomic mass is 16.7. The average Bonchev–Trinajstić information content (AvgIpc) is 3.81. The molecule has 4 atom stereocenters. The maximum atomic E-state index is 13.3.